The van der Waals surface area contributed by atoms with Crippen molar-refractivity contribution in [1.29, 1.82) is 0 Å². The van der Waals surface area contributed by atoms with Crippen LogP contribution in [-0.2, 0) is 11.4 Å². The highest BCUT2D eigenvalue weighted by Gasteiger charge is 2.14. The van der Waals surface area contributed by atoms with Gasteiger partial charge in [0, 0.05) is 30.4 Å². The Morgan fingerprint density at radius 3 is 2.52 bits per heavy atom. The highest BCUT2D eigenvalue weighted by atomic mass is 16.5. The molecule has 0 atom stereocenters. The van der Waals surface area contributed by atoms with Crippen LogP contribution in [0.5, 0.6) is 11.5 Å². The average Bonchev–Trinajstić information content (AvgIpc) is 2.75. The number of amides is 2. The van der Waals surface area contributed by atoms with E-state index in [1.165, 1.54) is 6.92 Å². The summed E-state index contributed by atoms with van der Waals surface area (Å²) in [6, 6.07) is 14.2. The fourth-order valence-electron chi connectivity index (χ4n) is 2.94. The van der Waals surface area contributed by atoms with Crippen LogP contribution in [0, 0.1) is 6.92 Å². The molecule has 0 unspecified atom stereocenters. The highest BCUT2D eigenvalue weighted by molar-refractivity contribution is 6.07. The Labute approximate surface area is 181 Å². The van der Waals surface area contributed by atoms with Crippen molar-refractivity contribution in [3.05, 3.63) is 77.6 Å². The molecule has 0 spiro atoms. The fourth-order valence-corrected chi connectivity index (χ4v) is 2.94. The maximum absolute atomic E-state index is 12.9. The van der Waals surface area contributed by atoms with Crippen molar-refractivity contribution in [2.75, 3.05) is 17.2 Å². The van der Waals surface area contributed by atoms with Crippen LogP contribution in [0.3, 0.4) is 0 Å². The third-order valence-electron chi connectivity index (χ3n) is 4.36. The molecule has 0 fully saturated rings. The van der Waals surface area contributed by atoms with Gasteiger partial charge in [-0.2, -0.15) is 0 Å². The summed E-state index contributed by atoms with van der Waals surface area (Å²) in [5.41, 5.74) is 3.35. The second kappa shape index (κ2) is 10.2. The topological polar surface area (TPSA) is 89.6 Å². The van der Waals surface area contributed by atoms with E-state index in [2.05, 4.69) is 15.6 Å². The van der Waals surface area contributed by atoms with E-state index in [-0.39, 0.29) is 11.8 Å². The first-order valence-corrected chi connectivity index (χ1v) is 9.94. The number of carbonyl (C=O) groups excluding carboxylic acids is 2. The summed E-state index contributed by atoms with van der Waals surface area (Å²) in [5.74, 6) is 0.479. The van der Waals surface area contributed by atoms with Crippen molar-refractivity contribution in [2.24, 2.45) is 0 Å². The quantitative estimate of drug-likeness (QED) is 0.558. The van der Waals surface area contributed by atoms with Gasteiger partial charge in [0.05, 0.1) is 18.0 Å². The molecule has 7 nitrogen and oxygen atoms in total. The average molecular weight is 419 g/mol. The summed E-state index contributed by atoms with van der Waals surface area (Å²) in [6.07, 6.45) is 3.44. The molecule has 2 amide bonds. The first kappa shape index (κ1) is 21.8. The second-order valence-electron chi connectivity index (χ2n) is 6.93. The van der Waals surface area contributed by atoms with Crippen molar-refractivity contribution < 1.29 is 19.1 Å². The molecule has 0 saturated heterocycles. The lowest BCUT2D eigenvalue weighted by Crippen LogP contribution is -2.15. The molecule has 7 heteroatoms. The Hall–Kier alpha value is -3.87. The minimum absolute atomic E-state index is 0.215. The molecule has 3 aromatic rings. The Kier molecular flexibility index (Phi) is 7.22. The monoisotopic (exact) mass is 419 g/mol. The molecule has 0 aliphatic rings. The number of aryl methyl sites for hydroxylation is 1. The van der Waals surface area contributed by atoms with Gasteiger partial charge in [0.15, 0.2) is 11.5 Å². The number of hydrogen-bond donors (Lipinski definition) is 2. The van der Waals surface area contributed by atoms with Crippen LogP contribution in [-0.4, -0.2) is 23.4 Å². The van der Waals surface area contributed by atoms with Crippen LogP contribution in [0.4, 0.5) is 11.4 Å². The van der Waals surface area contributed by atoms with E-state index < -0.39 is 0 Å². The lowest BCUT2D eigenvalue weighted by Gasteiger charge is -2.15. The summed E-state index contributed by atoms with van der Waals surface area (Å²) in [5, 5.41) is 5.59. The molecule has 1 aromatic heterocycles. The van der Waals surface area contributed by atoms with Crippen LogP contribution in [0.1, 0.15) is 35.3 Å². The third-order valence-corrected chi connectivity index (χ3v) is 4.36. The zero-order valence-corrected chi connectivity index (χ0v) is 17.8. The SMILES string of the molecule is CCOc1cc(C(=O)Nc2cc(C)ccc2NC(C)=O)ccc1OCc1cccnc1. The molecule has 0 saturated carbocycles. The Bertz CT molecular complexity index is 1070. The van der Waals surface area contributed by atoms with E-state index in [1.807, 2.05) is 32.0 Å². The molecule has 0 bridgehead atoms. The van der Waals surface area contributed by atoms with Gasteiger partial charge in [0.25, 0.3) is 5.91 Å². The van der Waals surface area contributed by atoms with Gasteiger partial charge in [-0.25, -0.2) is 0 Å². The van der Waals surface area contributed by atoms with E-state index in [1.54, 1.807) is 42.7 Å². The van der Waals surface area contributed by atoms with Gasteiger partial charge in [0.2, 0.25) is 5.91 Å². The normalized spacial score (nSPS) is 10.3. The van der Waals surface area contributed by atoms with Gasteiger partial charge in [-0.3, -0.25) is 14.6 Å². The number of carbonyl (C=O) groups is 2. The first-order valence-electron chi connectivity index (χ1n) is 9.94. The van der Waals surface area contributed by atoms with Crippen molar-refractivity contribution >= 4 is 23.2 Å². The molecule has 2 N–H and O–H groups in total. The molecular weight excluding hydrogens is 394 g/mol. The zero-order chi connectivity index (χ0) is 22.2. The van der Waals surface area contributed by atoms with E-state index >= 15 is 0 Å². The number of hydrogen-bond acceptors (Lipinski definition) is 5. The van der Waals surface area contributed by atoms with Crippen LogP contribution in [0.2, 0.25) is 0 Å². The van der Waals surface area contributed by atoms with E-state index in [0.29, 0.717) is 41.7 Å². The van der Waals surface area contributed by atoms with Gasteiger partial charge in [0.1, 0.15) is 6.61 Å². The van der Waals surface area contributed by atoms with E-state index in [9.17, 15) is 9.59 Å². The van der Waals surface area contributed by atoms with E-state index in [4.69, 9.17) is 9.47 Å². The van der Waals surface area contributed by atoms with Crippen molar-refractivity contribution in [2.45, 2.75) is 27.4 Å². The number of nitrogens with one attached hydrogen (secondary N) is 2. The highest BCUT2D eigenvalue weighted by Crippen LogP contribution is 2.30. The zero-order valence-electron chi connectivity index (χ0n) is 17.8. The molecule has 3 rings (SSSR count). The van der Waals surface area contributed by atoms with Crippen LogP contribution < -0.4 is 20.1 Å². The van der Waals surface area contributed by atoms with Crippen molar-refractivity contribution in [3.8, 4) is 11.5 Å². The van der Waals surface area contributed by atoms with Gasteiger partial charge in [-0.1, -0.05) is 12.1 Å². The van der Waals surface area contributed by atoms with Gasteiger partial charge >= 0.3 is 0 Å². The Morgan fingerprint density at radius 2 is 1.81 bits per heavy atom. The van der Waals surface area contributed by atoms with Crippen molar-refractivity contribution in [3.63, 3.8) is 0 Å². The maximum atomic E-state index is 12.9. The summed E-state index contributed by atoms with van der Waals surface area (Å²) in [6.45, 7) is 5.96. The lowest BCUT2D eigenvalue weighted by atomic mass is 10.1. The molecule has 2 aromatic carbocycles. The number of rotatable bonds is 8. The van der Waals surface area contributed by atoms with E-state index in [0.717, 1.165) is 11.1 Å². The number of ether oxygens (including phenoxy) is 2. The Balaban J connectivity index is 1.79. The van der Waals surface area contributed by atoms with Crippen LogP contribution in [0.15, 0.2) is 60.9 Å². The summed E-state index contributed by atoms with van der Waals surface area (Å²) >= 11 is 0. The smallest absolute Gasteiger partial charge is 0.255 e. The third kappa shape index (κ3) is 6.05. The number of anilines is 2. The van der Waals surface area contributed by atoms with Crippen LogP contribution >= 0.6 is 0 Å². The number of pyridine rings is 1. The largest absolute Gasteiger partial charge is 0.490 e. The van der Waals surface area contributed by atoms with Gasteiger partial charge in [-0.15, -0.1) is 0 Å². The first-order chi connectivity index (χ1) is 15.0. The number of nitrogens with zero attached hydrogens (tertiary/aromatic N) is 1. The fraction of sp³-hybridized carbons (Fsp3) is 0.208. The Morgan fingerprint density at radius 1 is 0.968 bits per heavy atom. The molecule has 160 valence electrons. The lowest BCUT2D eigenvalue weighted by molar-refractivity contribution is -0.114. The molecule has 0 aliphatic carbocycles. The number of benzene rings is 2. The minimum Gasteiger partial charge on any atom is -0.490 e. The summed E-state index contributed by atoms with van der Waals surface area (Å²) in [7, 11) is 0. The molecule has 0 aliphatic heterocycles. The van der Waals surface area contributed by atoms with Crippen molar-refractivity contribution in [1.82, 2.24) is 4.98 Å². The maximum Gasteiger partial charge on any atom is 0.255 e. The summed E-state index contributed by atoms with van der Waals surface area (Å²) in [4.78, 5) is 28.4. The molecular formula is C24H25N3O4. The standard InChI is InChI=1S/C24H25N3O4/c1-4-30-23-13-19(8-10-22(23)31-15-18-6-5-11-25-14-18)24(29)27-21-12-16(2)7-9-20(21)26-17(3)28/h5-14H,4,15H2,1-3H3,(H,26,28)(H,27,29). The predicted octanol–water partition coefficient (Wildman–Crippen LogP) is 4.58. The number of aromatic nitrogens is 1. The summed E-state index contributed by atoms with van der Waals surface area (Å²) < 4.78 is 11.5. The predicted molar refractivity (Wildman–Crippen MR) is 120 cm³/mol. The molecule has 1 heterocycles. The minimum atomic E-state index is -0.322. The van der Waals surface area contributed by atoms with Crippen LogP contribution in [0.25, 0.3) is 0 Å². The molecule has 0 radical (unpaired) electrons. The van der Waals surface area contributed by atoms with Gasteiger partial charge in [-0.05, 0) is 55.8 Å². The molecule has 31 heavy (non-hydrogen) atoms. The second-order valence-corrected chi connectivity index (χ2v) is 6.93. The van der Waals surface area contributed by atoms with Gasteiger partial charge < -0.3 is 20.1 Å².